The number of benzene rings is 1. The number of rotatable bonds is 3. The van der Waals surface area contributed by atoms with Crippen molar-refractivity contribution in [3.8, 4) is 5.75 Å². The van der Waals surface area contributed by atoms with Crippen molar-refractivity contribution in [2.75, 3.05) is 13.3 Å². The SMILES string of the molecule is O=c1ccccn1C1=CC(CF)(CF)Oc2ccccc21. The van der Waals surface area contributed by atoms with Crippen LogP contribution in [0, 0.1) is 0 Å². The molecule has 1 aromatic heterocycles. The molecular formula is C16H13F2NO2. The Hall–Kier alpha value is -2.43. The van der Waals surface area contributed by atoms with E-state index in [1.54, 1.807) is 42.6 Å². The highest BCUT2D eigenvalue weighted by molar-refractivity contribution is 5.73. The Morgan fingerprint density at radius 3 is 2.48 bits per heavy atom. The summed E-state index contributed by atoms with van der Waals surface area (Å²) in [6.45, 7) is -2.02. The van der Waals surface area contributed by atoms with E-state index in [-0.39, 0.29) is 5.56 Å². The number of ether oxygens (including phenoxy) is 1. The first-order valence-corrected chi connectivity index (χ1v) is 6.50. The fourth-order valence-corrected chi connectivity index (χ4v) is 2.34. The van der Waals surface area contributed by atoms with Gasteiger partial charge >= 0.3 is 0 Å². The minimum absolute atomic E-state index is 0.271. The molecule has 0 amide bonds. The van der Waals surface area contributed by atoms with Gasteiger partial charge in [-0.25, -0.2) is 8.78 Å². The molecule has 0 radical (unpaired) electrons. The molecule has 0 bridgehead atoms. The van der Waals surface area contributed by atoms with Crippen molar-refractivity contribution in [2.24, 2.45) is 0 Å². The van der Waals surface area contributed by atoms with E-state index in [2.05, 4.69) is 0 Å². The molecule has 1 aliphatic rings. The molecule has 0 N–H and O–H groups in total. The van der Waals surface area contributed by atoms with Gasteiger partial charge in [-0.3, -0.25) is 9.36 Å². The Labute approximate surface area is 120 Å². The largest absolute Gasteiger partial charge is 0.477 e. The van der Waals surface area contributed by atoms with E-state index in [1.165, 1.54) is 16.7 Å². The van der Waals surface area contributed by atoms with E-state index >= 15 is 0 Å². The van der Waals surface area contributed by atoms with Gasteiger partial charge in [-0.2, -0.15) is 0 Å². The predicted molar refractivity (Wildman–Crippen MR) is 75.8 cm³/mol. The maximum atomic E-state index is 13.3. The van der Waals surface area contributed by atoms with Crippen LogP contribution in [-0.2, 0) is 0 Å². The average Bonchev–Trinajstić information content (AvgIpc) is 2.54. The summed E-state index contributed by atoms with van der Waals surface area (Å²) in [4.78, 5) is 12.0. The molecule has 1 aromatic carbocycles. The molecule has 108 valence electrons. The Morgan fingerprint density at radius 1 is 1.05 bits per heavy atom. The summed E-state index contributed by atoms with van der Waals surface area (Å²) in [5, 5.41) is 0. The highest BCUT2D eigenvalue weighted by Gasteiger charge is 2.36. The Morgan fingerprint density at radius 2 is 1.76 bits per heavy atom. The van der Waals surface area contributed by atoms with Gasteiger partial charge < -0.3 is 4.74 Å². The lowest BCUT2D eigenvalue weighted by Gasteiger charge is -2.33. The molecule has 3 rings (SSSR count). The van der Waals surface area contributed by atoms with Crippen molar-refractivity contribution in [1.29, 1.82) is 0 Å². The molecule has 3 nitrogen and oxygen atoms in total. The summed E-state index contributed by atoms with van der Waals surface area (Å²) in [5.41, 5.74) is -0.896. The molecule has 5 heteroatoms. The molecular weight excluding hydrogens is 276 g/mol. The van der Waals surface area contributed by atoms with Crippen LogP contribution in [0.4, 0.5) is 8.78 Å². The zero-order valence-electron chi connectivity index (χ0n) is 11.1. The number of alkyl halides is 2. The normalized spacial score (nSPS) is 15.8. The van der Waals surface area contributed by atoms with Gasteiger partial charge in [-0.15, -0.1) is 0 Å². The van der Waals surface area contributed by atoms with E-state index in [0.717, 1.165) is 0 Å². The number of para-hydroxylation sites is 1. The molecule has 21 heavy (non-hydrogen) atoms. The molecule has 0 unspecified atom stereocenters. The highest BCUT2D eigenvalue weighted by Crippen LogP contribution is 2.36. The van der Waals surface area contributed by atoms with Crippen molar-refractivity contribution in [3.63, 3.8) is 0 Å². The lowest BCUT2D eigenvalue weighted by Crippen LogP contribution is -2.42. The summed E-state index contributed by atoms with van der Waals surface area (Å²) in [6, 6.07) is 11.6. The zero-order valence-corrected chi connectivity index (χ0v) is 11.1. The van der Waals surface area contributed by atoms with E-state index in [4.69, 9.17) is 4.74 Å². The van der Waals surface area contributed by atoms with Crippen LogP contribution in [0.2, 0.25) is 0 Å². The minimum Gasteiger partial charge on any atom is -0.477 e. The van der Waals surface area contributed by atoms with Crippen molar-refractivity contribution < 1.29 is 13.5 Å². The number of pyridine rings is 1. The first-order valence-electron chi connectivity index (χ1n) is 6.50. The lowest BCUT2D eigenvalue weighted by molar-refractivity contribution is 0.0588. The Balaban J connectivity index is 2.26. The quantitative estimate of drug-likeness (QED) is 0.870. The van der Waals surface area contributed by atoms with E-state index in [9.17, 15) is 13.6 Å². The van der Waals surface area contributed by atoms with Crippen molar-refractivity contribution in [2.45, 2.75) is 5.60 Å². The van der Waals surface area contributed by atoms with Crippen LogP contribution in [-0.4, -0.2) is 23.5 Å². The van der Waals surface area contributed by atoms with E-state index in [1.807, 2.05) is 0 Å². The molecule has 0 saturated heterocycles. The Kier molecular flexibility index (Phi) is 3.33. The number of halogens is 2. The van der Waals surface area contributed by atoms with Gasteiger partial charge in [0, 0.05) is 17.8 Å². The van der Waals surface area contributed by atoms with Gasteiger partial charge in [0.2, 0.25) is 0 Å². The molecule has 1 aliphatic heterocycles. The lowest BCUT2D eigenvalue weighted by atomic mass is 9.97. The number of nitrogens with zero attached hydrogens (tertiary/aromatic N) is 1. The molecule has 0 spiro atoms. The highest BCUT2D eigenvalue weighted by atomic mass is 19.1. The molecule has 2 aromatic rings. The summed E-state index contributed by atoms with van der Waals surface area (Å²) < 4.78 is 33.5. The molecule has 0 atom stereocenters. The number of hydrogen-bond donors (Lipinski definition) is 0. The monoisotopic (exact) mass is 289 g/mol. The summed E-state index contributed by atoms with van der Waals surface area (Å²) in [5.74, 6) is 0.362. The van der Waals surface area contributed by atoms with Gasteiger partial charge in [0.1, 0.15) is 19.1 Å². The van der Waals surface area contributed by atoms with Gasteiger partial charge in [0.05, 0.1) is 5.70 Å². The zero-order chi connectivity index (χ0) is 14.9. The third kappa shape index (κ3) is 2.24. The van der Waals surface area contributed by atoms with Crippen molar-refractivity contribution >= 4 is 5.70 Å². The second kappa shape index (κ2) is 5.16. The molecule has 2 heterocycles. The van der Waals surface area contributed by atoms with Crippen LogP contribution in [0.1, 0.15) is 5.56 Å². The van der Waals surface area contributed by atoms with E-state index < -0.39 is 19.0 Å². The fourth-order valence-electron chi connectivity index (χ4n) is 2.34. The van der Waals surface area contributed by atoms with Crippen LogP contribution in [0.15, 0.2) is 59.5 Å². The predicted octanol–water partition coefficient (Wildman–Crippen LogP) is 2.81. The Bertz CT molecular complexity index is 748. The van der Waals surface area contributed by atoms with E-state index in [0.29, 0.717) is 17.0 Å². The van der Waals surface area contributed by atoms with Gasteiger partial charge in [-0.05, 0) is 24.3 Å². The first-order chi connectivity index (χ1) is 10.2. The third-order valence-electron chi connectivity index (χ3n) is 3.41. The van der Waals surface area contributed by atoms with Gasteiger partial charge in [0.15, 0.2) is 5.60 Å². The maximum Gasteiger partial charge on any atom is 0.255 e. The second-order valence-corrected chi connectivity index (χ2v) is 4.87. The number of fused-ring (bicyclic) bond motifs is 1. The topological polar surface area (TPSA) is 31.2 Å². The summed E-state index contributed by atoms with van der Waals surface area (Å²) >= 11 is 0. The van der Waals surface area contributed by atoms with Crippen LogP contribution in [0.25, 0.3) is 5.70 Å². The smallest absolute Gasteiger partial charge is 0.255 e. The maximum absolute atomic E-state index is 13.3. The number of hydrogen-bond acceptors (Lipinski definition) is 2. The first kappa shape index (κ1) is 13.5. The molecule has 0 aliphatic carbocycles. The van der Waals surface area contributed by atoms with Crippen LogP contribution in [0.3, 0.4) is 0 Å². The van der Waals surface area contributed by atoms with Crippen LogP contribution < -0.4 is 10.3 Å². The van der Waals surface area contributed by atoms with Crippen molar-refractivity contribution in [3.05, 3.63) is 70.7 Å². The van der Waals surface area contributed by atoms with Crippen LogP contribution >= 0.6 is 0 Å². The van der Waals surface area contributed by atoms with Gasteiger partial charge in [-0.1, -0.05) is 18.2 Å². The minimum atomic E-state index is -1.68. The number of aromatic nitrogens is 1. The summed E-state index contributed by atoms with van der Waals surface area (Å²) in [7, 11) is 0. The van der Waals surface area contributed by atoms with Crippen molar-refractivity contribution in [1.82, 2.24) is 4.57 Å². The second-order valence-electron chi connectivity index (χ2n) is 4.87. The average molecular weight is 289 g/mol. The summed E-state index contributed by atoms with van der Waals surface area (Å²) in [6.07, 6.45) is 2.91. The fraction of sp³-hybridized carbons (Fsp3) is 0.188. The third-order valence-corrected chi connectivity index (χ3v) is 3.41. The van der Waals surface area contributed by atoms with Gasteiger partial charge in [0.25, 0.3) is 5.56 Å². The molecule has 0 fully saturated rings. The molecule has 0 saturated carbocycles. The standard InChI is InChI=1S/C16H13F2NO2/c17-10-16(11-18)9-13(19-8-4-3-7-15(19)20)12-5-1-2-6-14(12)21-16/h1-9H,10-11H2. The van der Waals surface area contributed by atoms with Crippen LogP contribution in [0.5, 0.6) is 5.75 Å².